The summed E-state index contributed by atoms with van der Waals surface area (Å²) in [4.78, 5) is 16.8. The first-order valence-electron chi connectivity index (χ1n) is 8.72. The third-order valence-corrected chi connectivity index (χ3v) is 6.01. The molecule has 8 heteroatoms. The van der Waals surface area contributed by atoms with Crippen molar-refractivity contribution in [1.29, 1.82) is 0 Å². The van der Waals surface area contributed by atoms with E-state index in [0.29, 0.717) is 23.6 Å². The Balaban J connectivity index is 1.61. The first-order valence-corrected chi connectivity index (χ1v) is 10.4. The Morgan fingerprint density at radius 3 is 2.36 bits per heavy atom. The van der Waals surface area contributed by atoms with Crippen molar-refractivity contribution in [1.82, 2.24) is 9.55 Å². The minimum atomic E-state index is -3.26. The molecule has 1 heterocycles. The van der Waals surface area contributed by atoms with Gasteiger partial charge in [0.25, 0.3) is 5.91 Å². The minimum Gasteiger partial charge on any atom is -0.486 e. The molecule has 0 aliphatic rings. The molecule has 0 bridgehead atoms. The predicted octanol–water partition coefficient (Wildman–Crippen LogP) is 3.05. The van der Waals surface area contributed by atoms with Gasteiger partial charge in [-0.25, -0.2) is 13.4 Å². The molecule has 0 saturated heterocycles. The van der Waals surface area contributed by atoms with E-state index >= 15 is 0 Å². The fourth-order valence-corrected chi connectivity index (χ4v) is 3.39. The van der Waals surface area contributed by atoms with Crippen LogP contribution in [0.3, 0.4) is 0 Å². The van der Waals surface area contributed by atoms with Crippen molar-refractivity contribution < 1.29 is 17.9 Å². The van der Waals surface area contributed by atoms with Gasteiger partial charge in [0.15, 0.2) is 9.84 Å². The second-order valence-electron chi connectivity index (χ2n) is 6.15. The number of aryl methyl sites for hydroxylation is 1. The van der Waals surface area contributed by atoms with Gasteiger partial charge in [0.1, 0.15) is 18.2 Å². The zero-order valence-electron chi connectivity index (χ0n) is 15.6. The van der Waals surface area contributed by atoms with Gasteiger partial charge in [0, 0.05) is 30.7 Å². The Bertz CT molecular complexity index is 1060. The van der Waals surface area contributed by atoms with E-state index in [1.54, 1.807) is 49.5 Å². The second kappa shape index (κ2) is 8.26. The monoisotopic (exact) mass is 399 g/mol. The van der Waals surface area contributed by atoms with Crippen molar-refractivity contribution in [2.75, 3.05) is 11.1 Å². The minimum absolute atomic E-state index is 0.0350. The summed E-state index contributed by atoms with van der Waals surface area (Å²) in [5.74, 6) is 1.18. The molecule has 7 nitrogen and oxygen atoms in total. The van der Waals surface area contributed by atoms with Gasteiger partial charge in [0.05, 0.1) is 10.6 Å². The van der Waals surface area contributed by atoms with Crippen LogP contribution in [0.1, 0.15) is 23.1 Å². The molecular formula is C20H21N3O4S. The van der Waals surface area contributed by atoms with Gasteiger partial charge in [-0.05, 0) is 48.5 Å². The van der Waals surface area contributed by atoms with E-state index in [2.05, 4.69) is 10.3 Å². The standard InChI is InChI=1S/C20H21N3O4S/c1-3-28(25,26)18-10-6-16(7-11-18)22-20(24)15-4-8-17(9-5-15)27-14-19-21-12-13-23(19)2/h4-13H,3,14H2,1-2H3,(H,22,24). The maximum absolute atomic E-state index is 12.4. The molecule has 0 fully saturated rings. The SMILES string of the molecule is CCS(=O)(=O)c1ccc(NC(=O)c2ccc(OCc3nccn3C)cc2)cc1. The maximum atomic E-state index is 12.4. The van der Waals surface area contributed by atoms with E-state index in [0.717, 1.165) is 5.82 Å². The van der Waals surface area contributed by atoms with Crippen LogP contribution in [-0.4, -0.2) is 29.6 Å². The summed E-state index contributed by atoms with van der Waals surface area (Å²) in [6.45, 7) is 1.93. The lowest BCUT2D eigenvalue weighted by Crippen LogP contribution is -2.12. The number of carbonyl (C=O) groups excluding carboxylic acids is 1. The number of aromatic nitrogens is 2. The lowest BCUT2D eigenvalue weighted by Gasteiger charge is -2.09. The highest BCUT2D eigenvalue weighted by molar-refractivity contribution is 7.91. The summed E-state index contributed by atoms with van der Waals surface area (Å²) in [5.41, 5.74) is 0.991. The van der Waals surface area contributed by atoms with E-state index in [9.17, 15) is 13.2 Å². The Labute approximate surface area is 163 Å². The molecule has 3 aromatic rings. The molecule has 0 radical (unpaired) electrons. The smallest absolute Gasteiger partial charge is 0.255 e. The van der Waals surface area contributed by atoms with Gasteiger partial charge < -0.3 is 14.6 Å². The van der Waals surface area contributed by atoms with Crippen molar-refractivity contribution in [3.05, 3.63) is 72.3 Å². The highest BCUT2D eigenvalue weighted by atomic mass is 32.2. The number of benzene rings is 2. The zero-order chi connectivity index (χ0) is 20.1. The van der Waals surface area contributed by atoms with Gasteiger partial charge in [-0.3, -0.25) is 4.79 Å². The molecule has 2 aromatic carbocycles. The molecule has 0 atom stereocenters. The summed E-state index contributed by atoms with van der Waals surface area (Å²) in [5, 5.41) is 2.75. The number of hydrogen-bond donors (Lipinski definition) is 1. The first-order chi connectivity index (χ1) is 13.4. The number of amides is 1. The molecule has 28 heavy (non-hydrogen) atoms. The third-order valence-electron chi connectivity index (χ3n) is 4.26. The largest absolute Gasteiger partial charge is 0.486 e. The number of rotatable bonds is 7. The molecular weight excluding hydrogens is 378 g/mol. The molecule has 0 saturated carbocycles. The van der Waals surface area contributed by atoms with E-state index in [1.807, 2.05) is 17.8 Å². The highest BCUT2D eigenvalue weighted by Crippen LogP contribution is 2.18. The van der Waals surface area contributed by atoms with E-state index in [4.69, 9.17) is 4.74 Å². The Morgan fingerprint density at radius 1 is 1.11 bits per heavy atom. The lowest BCUT2D eigenvalue weighted by atomic mass is 10.2. The van der Waals surface area contributed by atoms with Crippen LogP contribution in [0.25, 0.3) is 0 Å². The second-order valence-corrected chi connectivity index (χ2v) is 8.43. The Kier molecular flexibility index (Phi) is 5.79. The molecule has 1 aromatic heterocycles. The van der Waals surface area contributed by atoms with Crippen LogP contribution in [0.4, 0.5) is 5.69 Å². The topological polar surface area (TPSA) is 90.3 Å². The van der Waals surface area contributed by atoms with Crippen LogP contribution in [0.15, 0.2) is 65.8 Å². The average molecular weight is 399 g/mol. The fourth-order valence-electron chi connectivity index (χ4n) is 2.50. The van der Waals surface area contributed by atoms with Crippen LogP contribution in [0.2, 0.25) is 0 Å². The average Bonchev–Trinajstić information content (AvgIpc) is 3.12. The van der Waals surface area contributed by atoms with Crippen molar-refractivity contribution in [2.24, 2.45) is 7.05 Å². The van der Waals surface area contributed by atoms with Crippen molar-refractivity contribution >= 4 is 21.4 Å². The number of carbonyl (C=O) groups is 1. The third kappa shape index (κ3) is 4.58. The van der Waals surface area contributed by atoms with Gasteiger partial charge in [-0.1, -0.05) is 6.92 Å². The van der Waals surface area contributed by atoms with Crippen molar-refractivity contribution in [3.8, 4) is 5.75 Å². The molecule has 146 valence electrons. The van der Waals surface area contributed by atoms with Gasteiger partial charge in [-0.15, -0.1) is 0 Å². The van der Waals surface area contributed by atoms with Crippen LogP contribution in [-0.2, 0) is 23.5 Å². The number of nitrogens with zero attached hydrogens (tertiary/aromatic N) is 2. The van der Waals surface area contributed by atoms with Crippen LogP contribution >= 0.6 is 0 Å². The number of imidazole rings is 1. The number of anilines is 1. The number of ether oxygens (including phenoxy) is 1. The van der Waals surface area contributed by atoms with Crippen LogP contribution in [0.5, 0.6) is 5.75 Å². The van der Waals surface area contributed by atoms with Crippen LogP contribution < -0.4 is 10.1 Å². The van der Waals surface area contributed by atoms with Gasteiger partial charge >= 0.3 is 0 Å². The molecule has 0 spiro atoms. The van der Waals surface area contributed by atoms with Crippen molar-refractivity contribution in [2.45, 2.75) is 18.4 Å². The van der Waals surface area contributed by atoms with E-state index in [1.165, 1.54) is 12.1 Å². The van der Waals surface area contributed by atoms with E-state index in [-0.39, 0.29) is 16.6 Å². The summed E-state index contributed by atoms with van der Waals surface area (Å²) in [7, 11) is -1.37. The molecule has 3 rings (SSSR count). The molecule has 0 aliphatic carbocycles. The van der Waals surface area contributed by atoms with Crippen molar-refractivity contribution in [3.63, 3.8) is 0 Å². The maximum Gasteiger partial charge on any atom is 0.255 e. The normalized spacial score (nSPS) is 11.2. The zero-order valence-corrected chi connectivity index (χ0v) is 16.4. The summed E-state index contributed by atoms with van der Waals surface area (Å²) < 4.78 is 31.2. The lowest BCUT2D eigenvalue weighted by molar-refractivity contribution is 0.102. The van der Waals surface area contributed by atoms with Gasteiger partial charge in [0.2, 0.25) is 0 Å². The number of sulfone groups is 1. The molecule has 0 aliphatic heterocycles. The van der Waals surface area contributed by atoms with Gasteiger partial charge in [-0.2, -0.15) is 0 Å². The first kappa shape index (κ1) is 19.6. The summed E-state index contributed by atoms with van der Waals surface area (Å²) >= 11 is 0. The number of nitrogens with one attached hydrogen (secondary N) is 1. The molecule has 1 N–H and O–H groups in total. The van der Waals surface area contributed by atoms with Crippen LogP contribution in [0, 0.1) is 0 Å². The molecule has 0 unspecified atom stereocenters. The number of hydrogen-bond acceptors (Lipinski definition) is 5. The highest BCUT2D eigenvalue weighted by Gasteiger charge is 2.12. The predicted molar refractivity (Wildman–Crippen MR) is 106 cm³/mol. The quantitative estimate of drug-likeness (QED) is 0.659. The summed E-state index contributed by atoms with van der Waals surface area (Å²) in [6, 6.07) is 12.9. The molecule has 1 amide bonds. The fraction of sp³-hybridized carbons (Fsp3) is 0.200. The van der Waals surface area contributed by atoms with E-state index < -0.39 is 9.84 Å². The Hall–Kier alpha value is -3.13. The Morgan fingerprint density at radius 2 is 1.79 bits per heavy atom. The summed E-state index contributed by atoms with van der Waals surface area (Å²) in [6.07, 6.45) is 3.55.